The molecule has 12 heavy (non-hydrogen) atoms. The second-order valence-electron chi connectivity index (χ2n) is 2.95. The van der Waals surface area contributed by atoms with Gasteiger partial charge in [-0.05, 0) is 18.3 Å². The van der Waals surface area contributed by atoms with Gasteiger partial charge in [0.15, 0.2) is 9.04 Å². The van der Waals surface area contributed by atoms with Crippen LogP contribution in [0.2, 0.25) is 13.1 Å². The molecule has 0 saturated heterocycles. The van der Waals surface area contributed by atoms with Crippen molar-refractivity contribution < 1.29 is 8.91 Å². The van der Waals surface area contributed by atoms with Crippen LogP contribution in [0.15, 0.2) is 30.3 Å². The molecule has 1 aromatic carbocycles. The lowest BCUT2D eigenvalue weighted by atomic mass is 10.4. The van der Waals surface area contributed by atoms with Crippen LogP contribution in [0.25, 0.3) is 0 Å². The van der Waals surface area contributed by atoms with E-state index in [-0.39, 0.29) is 0 Å². The predicted octanol–water partition coefficient (Wildman–Crippen LogP) is 0.106. The van der Waals surface area contributed by atoms with E-state index in [4.69, 9.17) is 4.12 Å². The summed E-state index contributed by atoms with van der Waals surface area (Å²) in [5, 5.41) is 0.971. The maximum absolute atomic E-state index is 9.64. The van der Waals surface area contributed by atoms with Gasteiger partial charge in [-0.25, -0.2) is 0 Å². The van der Waals surface area contributed by atoms with Crippen molar-refractivity contribution >= 4 is 23.5 Å². The monoisotopic (exact) mass is 198 g/mol. The lowest BCUT2D eigenvalue weighted by Crippen LogP contribution is -2.36. The lowest BCUT2D eigenvalue weighted by Gasteiger charge is -2.12. The van der Waals surface area contributed by atoms with Gasteiger partial charge in [0.25, 0.3) is 0 Å². The first-order valence-electron chi connectivity index (χ1n) is 4.08. The summed E-state index contributed by atoms with van der Waals surface area (Å²) < 4.78 is 5.47. The zero-order valence-corrected chi connectivity index (χ0v) is 9.71. The van der Waals surface area contributed by atoms with Crippen molar-refractivity contribution in [1.29, 1.82) is 0 Å². The van der Waals surface area contributed by atoms with E-state index in [1.165, 1.54) is 0 Å². The van der Waals surface area contributed by atoms with Gasteiger partial charge >= 0.3 is 9.28 Å². The Morgan fingerprint density at radius 2 is 1.75 bits per heavy atom. The minimum atomic E-state index is -2.06. The topological polar surface area (TPSA) is 29.5 Å². The maximum Gasteiger partial charge on any atom is 0.342 e. The fraction of sp³-hybridized carbons (Fsp3) is 0.250. The molecule has 0 aliphatic rings. The van der Waals surface area contributed by atoms with Crippen LogP contribution in [0, 0.1) is 0 Å². The Balaban J connectivity index is 2.59. The number of hydrogen-bond donors (Lipinski definition) is 1. The van der Waals surface area contributed by atoms with E-state index >= 15 is 0 Å². The number of benzene rings is 1. The van der Waals surface area contributed by atoms with Crippen LogP contribution in [0.1, 0.15) is 0 Å². The van der Waals surface area contributed by atoms with Gasteiger partial charge in [-0.1, -0.05) is 30.3 Å². The smallest absolute Gasteiger partial charge is 0.342 e. The van der Waals surface area contributed by atoms with Crippen molar-refractivity contribution in [3.05, 3.63) is 30.3 Å². The summed E-state index contributed by atoms with van der Waals surface area (Å²) in [6.07, 6.45) is 0. The van der Waals surface area contributed by atoms with E-state index in [1.54, 1.807) is 0 Å². The first-order valence-corrected chi connectivity index (χ1v) is 8.43. The fourth-order valence-corrected chi connectivity index (χ4v) is 4.20. The highest BCUT2D eigenvalue weighted by Crippen LogP contribution is 1.90. The summed E-state index contributed by atoms with van der Waals surface area (Å²) in [7, 11) is -3.14. The third-order valence-corrected chi connectivity index (χ3v) is 5.65. The van der Waals surface area contributed by atoms with Crippen LogP contribution >= 0.6 is 0 Å². The zero-order chi connectivity index (χ0) is 8.97. The van der Waals surface area contributed by atoms with Crippen LogP contribution in [0.4, 0.5) is 0 Å². The van der Waals surface area contributed by atoms with E-state index in [2.05, 4.69) is 13.1 Å². The Kier molecular flexibility index (Phi) is 3.67. The molecule has 1 aromatic rings. The molecule has 0 aliphatic carbocycles. The molecule has 0 spiro atoms. The van der Waals surface area contributed by atoms with Crippen molar-refractivity contribution in [2.24, 2.45) is 0 Å². The normalized spacial score (nSPS) is 13.3. The average Bonchev–Trinajstić information content (AvgIpc) is 2.05. The summed E-state index contributed by atoms with van der Waals surface area (Å²) >= 11 is 0. The number of hydrogen-bond acceptors (Lipinski definition) is 2. The minimum Gasteiger partial charge on any atom is -0.438 e. The van der Waals surface area contributed by atoms with Crippen molar-refractivity contribution in [1.82, 2.24) is 0 Å². The van der Waals surface area contributed by atoms with E-state index in [1.807, 2.05) is 30.3 Å². The molecule has 0 aliphatic heterocycles. The molecule has 2 nitrogen and oxygen atoms in total. The lowest BCUT2D eigenvalue weighted by molar-refractivity contribution is 0.441. The average molecular weight is 198 g/mol. The quantitative estimate of drug-likeness (QED) is 0.699. The first kappa shape index (κ1) is 9.66. The molecule has 1 N–H and O–H groups in total. The van der Waals surface area contributed by atoms with Gasteiger partial charge in [-0.15, -0.1) is 0 Å². The van der Waals surface area contributed by atoms with Gasteiger partial charge in [-0.3, -0.25) is 0 Å². The Bertz CT molecular complexity index is 226. The van der Waals surface area contributed by atoms with Crippen LogP contribution in [0.3, 0.4) is 0 Å². The van der Waals surface area contributed by atoms with Crippen molar-refractivity contribution in [2.45, 2.75) is 13.1 Å². The minimum absolute atomic E-state index is 0.971. The molecule has 1 unspecified atom stereocenters. The molecule has 66 valence electrons. The summed E-state index contributed by atoms with van der Waals surface area (Å²) in [6, 6.07) is 9.65. The Labute approximate surface area is 76.4 Å². The standard InChI is InChI=1S/C8H14O2Si2/c1-11(2)10-12(9)8-6-4-3-5-7-8/h3-7,9,11-12H,1-2H3. The summed E-state index contributed by atoms with van der Waals surface area (Å²) in [6.45, 7) is 4.14. The van der Waals surface area contributed by atoms with E-state index in [9.17, 15) is 4.80 Å². The molecular weight excluding hydrogens is 184 g/mol. The Morgan fingerprint density at radius 3 is 2.25 bits per heavy atom. The summed E-state index contributed by atoms with van der Waals surface area (Å²) in [5.41, 5.74) is 0. The molecule has 4 heteroatoms. The molecule has 0 bridgehead atoms. The van der Waals surface area contributed by atoms with Crippen LogP contribution in [-0.4, -0.2) is 23.1 Å². The van der Waals surface area contributed by atoms with E-state index in [0.717, 1.165) is 5.19 Å². The SMILES string of the molecule is C[SiH](C)O[SiH](O)c1ccccc1. The molecule has 0 radical (unpaired) electrons. The van der Waals surface area contributed by atoms with E-state index < -0.39 is 18.3 Å². The molecule has 0 heterocycles. The van der Waals surface area contributed by atoms with E-state index in [0.29, 0.717) is 0 Å². The van der Waals surface area contributed by atoms with Crippen LogP contribution < -0.4 is 5.19 Å². The molecule has 0 aromatic heterocycles. The fourth-order valence-electron chi connectivity index (χ4n) is 0.954. The summed E-state index contributed by atoms with van der Waals surface area (Å²) in [4.78, 5) is 9.64. The van der Waals surface area contributed by atoms with Gasteiger partial charge < -0.3 is 8.91 Å². The maximum atomic E-state index is 9.64. The second kappa shape index (κ2) is 4.56. The van der Waals surface area contributed by atoms with Crippen molar-refractivity contribution in [3.63, 3.8) is 0 Å². The molecule has 1 rings (SSSR count). The zero-order valence-electron chi connectivity index (χ0n) is 7.40. The predicted molar refractivity (Wildman–Crippen MR) is 55.4 cm³/mol. The molecule has 1 atom stereocenters. The molecular formula is C8H14O2Si2. The first-order chi connectivity index (χ1) is 5.70. The van der Waals surface area contributed by atoms with Crippen LogP contribution in [0.5, 0.6) is 0 Å². The molecule has 0 fully saturated rings. The largest absolute Gasteiger partial charge is 0.438 e. The summed E-state index contributed by atoms with van der Waals surface area (Å²) in [5.74, 6) is 0. The highest BCUT2D eigenvalue weighted by atomic mass is 28.4. The van der Waals surface area contributed by atoms with Crippen molar-refractivity contribution in [2.75, 3.05) is 0 Å². The third-order valence-electron chi connectivity index (χ3n) is 1.49. The van der Waals surface area contributed by atoms with Crippen LogP contribution in [-0.2, 0) is 4.12 Å². The highest BCUT2D eigenvalue weighted by Gasteiger charge is 2.12. The highest BCUT2D eigenvalue weighted by molar-refractivity contribution is 6.69. The number of rotatable bonds is 3. The van der Waals surface area contributed by atoms with Gasteiger partial charge in [0.2, 0.25) is 0 Å². The van der Waals surface area contributed by atoms with Gasteiger partial charge in [0.1, 0.15) is 0 Å². The second-order valence-corrected chi connectivity index (χ2v) is 7.51. The van der Waals surface area contributed by atoms with Gasteiger partial charge in [0, 0.05) is 0 Å². The third kappa shape index (κ3) is 2.90. The van der Waals surface area contributed by atoms with Gasteiger partial charge in [0.05, 0.1) is 0 Å². The Morgan fingerprint density at radius 1 is 1.17 bits per heavy atom. The van der Waals surface area contributed by atoms with Gasteiger partial charge in [-0.2, -0.15) is 0 Å². The van der Waals surface area contributed by atoms with Crippen molar-refractivity contribution in [3.8, 4) is 0 Å². The Hall–Kier alpha value is -0.426. The molecule has 0 saturated carbocycles. The molecule has 0 amide bonds.